The third-order valence-electron chi connectivity index (χ3n) is 3.39. The number of rotatable bonds is 6. The van der Waals surface area contributed by atoms with Gasteiger partial charge >= 0.3 is 6.18 Å². The lowest BCUT2D eigenvalue weighted by molar-refractivity contribution is -0.137. The summed E-state index contributed by atoms with van der Waals surface area (Å²) >= 11 is 0. The van der Waals surface area contributed by atoms with Crippen molar-refractivity contribution in [3.8, 4) is 0 Å². The maximum atomic E-state index is 13.1. The molecule has 21 heavy (non-hydrogen) atoms. The van der Waals surface area contributed by atoms with Gasteiger partial charge in [-0.15, -0.1) is 0 Å². The number of hydrogen-bond acceptors (Lipinski definition) is 2. The molecule has 0 bridgehead atoms. The van der Waals surface area contributed by atoms with E-state index >= 15 is 0 Å². The molecule has 0 aliphatic heterocycles. The highest BCUT2D eigenvalue weighted by Crippen LogP contribution is 2.40. The maximum Gasteiger partial charge on any atom is 0.418 e. The quantitative estimate of drug-likeness (QED) is 0.824. The van der Waals surface area contributed by atoms with Crippen LogP contribution in [0.1, 0.15) is 38.2 Å². The largest absolute Gasteiger partial charge is 0.418 e. The second-order valence-corrected chi connectivity index (χ2v) is 5.35. The van der Waals surface area contributed by atoms with Gasteiger partial charge in [0, 0.05) is 13.0 Å². The zero-order valence-corrected chi connectivity index (χ0v) is 11.9. The van der Waals surface area contributed by atoms with Crippen LogP contribution in [0.5, 0.6) is 0 Å². The monoisotopic (exact) mass is 300 g/mol. The number of amides is 1. The standard InChI is InChI=1S/C15H19F3N2O/c1-2-4-13(21)20-12-6-3-5-11(15(16,17)18)14(12)19-9-10-7-8-10/h3,5-6,10,19H,2,4,7-9H2,1H3,(H,20,21). The molecule has 0 atom stereocenters. The highest BCUT2D eigenvalue weighted by atomic mass is 19.4. The van der Waals surface area contributed by atoms with E-state index in [1.807, 2.05) is 6.92 Å². The third-order valence-corrected chi connectivity index (χ3v) is 3.39. The fraction of sp³-hybridized carbons (Fsp3) is 0.533. The van der Waals surface area contributed by atoms with Crippen molar-refractivity contribution in [2.24, 2.45) is 5.92 Å². The third kappa shape index (κ3) is 4.37. The van der Waals surface area contributed by atoms with Crippen LogP contribution in [-0.4, -0.2) is 12.5 Å². The van der Waals surface area contributed by atoms with Gasteiger partial charge in [0.25, 0.3) is 0 Å². The van der Waals surface area contributed by atoms with Crippen molar-refractivity contribution >= 4 is 17.3 Å². The lowest BCUT2D eigenvalue weighted by atomic mass is 10.1. The van der Waals surface area contributed by atoms with E-state index in [-0.39, 0.29) is 23.7 Å². The molecule has 0 spiro atoms. The van der Waals surface area contributed by atoms with Crippen LogP contribution >= 0.6 is 0 Å². The van der Waals surface area contributed by atoms with E-state index in [9.17, 15) is 18.0 Å². The molecule has 2 N–H and O–H groups in total. The van der Waals surface area contributed by atoms with Crippen LogP contribution < -0.4 is 10.6 Å². The van der Waals surface area contributed by atoms with Crippen LogP contribution in [0.15, 0.2) is 18.2 Å². The van der Waals surface area contributed by atoms with Crippen molar-refractivity contribution in [2.45, 2.75) is 38.8 Å². The number of para-hydroxylation sites is 1. The highest BCUT2D eigenvalue weighted by Gasteiger charge is 2.35. The Kier molecular flexibility index (Phi) is 4.75. The fourth-order valence-corrected chi connectivity index (χ4v) is 2.09. The van der Waals surface area contributed by atoms with Crippen molar-refractivity contribution in [1.29, 1.82) is 0 Å². The highest BCUT2D eigenvalue weighted by molar-refractivity contribution is 5.94. The molecule has 1 fully saturated rings. The summed E-state index contributed by atoms with van der Waals surface area (Å²) in [5, 5.41) is 5.43. The van der Waals surface area contributed by atoms with Gasteiger partial charge in [0.1, 0.15) is 0 Å². The number of carbonyl (C=O) groups excluding carboxylic acids is 1. The molecule has 1 aliphatic rings. The van der Waals surface area contributed by atoms with E-state index in [2.05, 4.69) is 10.6 Å². The van der Waals surface area contributed by atoms with Crippen molar-refractivity contribution in [2.75, 3.05) is 17.2 Å². The number of hydrogen-bond donors (Lipinski definition) is 2. The van der Waals surface area contributed by atoms with Gasteiger partial charge < -0.3 is 10.6 Å². The van der Waals surface area contributed by atoms with Gasteiger partial charge in [-0.1, -0.05) is 13.0 Å². The van der Waals surface area contributed by atoms with E-state index in [0.29, 0.717) is 18.9 Å². The number of halogens is 3. The van der Waals surface area contributed by atoms with Crippen LogP contribution in [-0.2, 0) is 11.0 Å². The summed E-state index contributed by atoms with van der Waals surface area (Å²) in [5.74, 6) is 0.164. The summed E-state index contributed by atoms with van der Waals surface area (Å²) < 4.78 is 39.3. The minimum Gasteiger partial charge on any atom is -0.383 e. The molecular formula is C15H19F3N2O. The maximum absolute atomic E-state index is 13.1. The molecule has 116 valence electrons. The molecule has 1 aromatic carbocycles. The van der Waals surface area contributed by atoms with Gasteiger partial charge in [-0.05, 0) is 37.3 Å². The summed E-state index contributed by atoms with van der Waals surface area (Å²) in [6.07, 6.45) is -1.43. The van der Waals surface area contributed by atoms with Crippen LogP contribution in [0.25, 0.3) is 0 Å². The minimum atomic E-state index is -4.45. The lowest BCUT2D eigenvalue weighted by Crippen LogP contribution is -2.17. The zero-order valence-electron chi connectivity index (χ0n) is 11.9. The normalized spacial score (nSPS) is 14.9. The SMILES string of the molecule is CCCC(=O)Nc1cccc(C(F)(F)F)c1NCC1CC1. The van der Waals surface area contributed by atoms with Gasteiger partial charge in [-0.2, -0.15) is 13.2 Å². The first-order chi connectivity index (χ1) is 9.91. The van der Waals surface area contributed by atoms with E-state index in [1.54, 1.807) is 0 Å². The van der Waals surface area contributed by atoms with Crippen LogP contribution in [0, 0.1) is 5.92 Å². The Morgan fingerprint density at radius 2 is 2.05 bits per heavy atom. The van der Waals surface area contributed by atoms with E-state index < -0.39 is 11.7 Å². The van der Waals surface area contributed by atoms with Crippen LogP contribution in [0.2, 0.25) is 0 Å². The van der Waals surface area contributed by atoms with Gasteiger partial charge in [0.05, 0.1) is 16.9 Å². The predicted octanol–water partition coefficient (Wildman–Crippen LogP) is 4.27. The smallest absolute Gasteiger partial charge is 0.383 e. The fourth-order valence-electron chi connectivity index (χ4n) is 2.09. The molecule has 0 radical (unpaired) electrons. The first kappa shape index (κ1) is 15.7. The second kappa shape index (κ2) is 6.37. The first-order valence-corrected chi connectivity index (χ1v) is 7.15. The Morgan fingerprint density at radius 3 is 2.62 bits per heavy atom. The van der Waals surface area contributed by atoms with Crippen molar-refractivity contribution in [1.82, 2.24) is 0 Å². The first-order valence-electron chi connectivity index (χ1n) is 7.15. The van der Waals surface area contributed by atoms with Crippen molar-refractivity contribution in [3.05, 3.63) is 23.8 Å². The Bertz CT molecular complexity index is 510. The topological polar surface area (TPSA) is 41.1 Å². The molecule has 1 aliphatic carbocycles. The molecule has 2 rings (SSSR count). The minimum absolute atomic E-state index is 0.0265. The Morgan fingerprint density at radius 1 is 1.33 bits per heavy atom. The molecule has 1 saturated carbocycles. The number of nitrogens with one attached hydrogen (secondary N) is 2. The average Bonchev–Trinajstić information content (AvgIpc) is 3.20. The van der Waals surface area contributed by atoms with Gasteiger partial charge in [0.15, 0.2) is 0 Å². The van der Waals surface area contributed by atoms with Crippen LogP contribution in [0.3, 0.4) is 0 Å². The number of carbonyl (C=O) groups is 1. The van der Waals surface area contributed by atoms with Gasteiger partial charge in [-0.3, -0.25) is 4.79 Å². The van der Waals surface area contributed by atoms with Crippen molar-refractivity contribution in [3.63, 3.8) is 0 Å². The lowest BCUT2D eigenvalue weighted by Gasteiger charge is -2.18. The molecular weight excluding hydrogens is 281 g/mol. The summed E-state index contributed by atoms with van der Waals surface area (Å²) in [6, 6.07) is 3.84. The van der Waals surface area contributed by atoms with Gasteiger partial charge in [-0.25, -0.2) is 0 Å². The average molecular weight is 300 g/mol. The van der Waals surface area contributed by atoms with Crippen molar-refractivity contribution < 1.29 is 18.0 Å². The number of alkyl halides is 3. The van der Waals surface area contributed by atoms with E-state index in [1.165, 1.54) is 12.1 Å². The molecule has 3 nitrogen and oxygen atoms in total. The molecule has 6 heteroatoms. The van der Waals surface area contributed by atoms with Crippen LogP contribution in [0.4, 0.5) is 24.5 Å². The van der Waals surface area contributed by atoms with E-state index in [4.69, 9.17) is 0 Å². The van der Waals surface area contributed by atoms with Gasteiger partial charge in [0.2, 0.25) is 5.91 Å². The Balaban J connectivity index is 2.25. The number of anilines is 2. The molecule has 0 heterocycles. The molecule has 1 amide bonds. The molecule has 0 saturated heterocycles. The molecule has 1 aromatic rings. The van der Waals surface area contributed by atoms with E-state index in [0.717, 1.165) is 18.9 Å². The summed E-state index contributed by atoms with van der Waals surface area (Å²) in [4.78, 5) is 11.7. The number of benzene rings is 1. The molecule has 0 aromatic heterocycles. The molecule has 0 unspecified atom stereocenters. The summed E-state index contributed by atoms with van der Waals surface area (Å²) in [5.41, 5.74) is -0.567. The predicted molar refractivity (Wildman–Crippen MR) is 76.2 cm³/mol. The second-order valence-electron chi connectivity index (χ2n) is 5.35. The zero-order chi connectivity index (χ0) is 15.5. The summed E-state index contributed by atoms with van der Waals surface area (Å²) in [7, 11) is 0. The summed E-state index contributed by atoms with van der Waals surface area (Å²) in [6.45, 7) is 2.35. The Labute approximate surface area is 121 Å². The Hall–Kier alpha value is -1.72.